The average Bonchev–Trinajstić information content (AvgIpc) is 3.51. The summed E-state index contributed by atoms with van der Waals surface area (Å²) < 4.78 is 28.5. The molecule has 1 amide bonds. The van der Waals surface area contributed by atoms with Gasteiger partial charge >= 0.3 is 0 Å². The summed E-state index contributed by atoms with van der Waals surface area (Å²) in [6.07, 6.45) is 1.78. The maximum atomic E-state index is 12.9. The second kappa shape index (κ2) is 8.55. The molecule has 1 aliphatic heterocycles. The van der Waals surface area contributed by atoms with E-state index in [1.807, 2.05) is 23.1 Å². The molecule has 0 spiro atoms. The molecule has 32 heavy (non-hydrogen) atoms. The summed E-state index contributed by atoms with van der Waals surface area (Å²) in [6, 6.07) is 14.7. The van der Waals surface area contributed by atoms with Crippen molar-refractivity contribution < 1.29 is 13.2 Å². The van der Waals surface area contributed by atoms with E-state index in [1.54, 1.807) is 23.5 Å². The van der Waals surface area contributed by atoms with Gasteiger partial charge in [-0.05, 0) is 56.2 Å². The van der Waals surface area contributed by atoms with Gasteiger partial charge in [-0.15, -0.1) is 11.3 Å². The molecule has 2 fully saturated rings. The molecule has 9 heteroatoms. The predicted molar refractivity (Wildman–Crippen MR) is 125 cm³/mol. The Morgan fingerprint density at radius 2 is 1.75 bits per heavy atom. The number of carbonyl (C=O) groups excluding carboxylic acids is 1. The number of nitrogens with one attached hydrogen (secondary N) is 1. The van der Waals surface area contributed by atoms with Crippen molar-refractivity contribution in [3.63, 3.8) is 0 Å². The first kappa shape index (κ1) is 21.5. The van der Waals surface area contributed by atoms with E-state index in [0.717, 1.165) is 36.5 Å². The molecule has 2 aromatic carbocycles. The lowest BCUT2D eigenvalue weighted by atomic mass is 10.1. The number of benzene rings is 2. The molecule has 1 atom stereocenters. The van der Waals surface area contributed by atoms with E-state index >= 15 is 0 Å². The van der Waals surface area contributed by atoms with Gasteiger partial charge in [0.2, 0.25) is 10.0 Å². The zero-order chi connectivity index (χ0) is 22.3. The van der Waals surface area contributed by atoms with E-state index in [1.165, 1.54) is 16.8 Å². The molecule has 1 saturated carbocycles. The summed E-state index contributed by atoms with van der Waals surface area (Å²) in [5.41, 5.74) is 1.55. The van der Waals surface area contributed by atoms with Crippen LogP contribution in [0.25, 0.3) is 10.2 Å². The van der Waals surface area contributed by atoms with Crippen molar-refractivity contribution in [2.45, 2.75) is 36.7 Å². The van der Waals surface area contributed by atoms with Crippen molar-refractivity contribution in [3.05, 3.63) is 59.1 Å². The molecular weight excluding hydrogens is 444 g/mol. The summed E-state index contributed by atoms with van der Waals surface area (Å²) in [7, 11) is -3.50. The molecule has 1 saturated heterocycles. The normalized spacial score (nSPS) is 18.7. The Hall–Kier alpha value is -2.33. The summed E-state index contributed by atoms with van der Waals surface area (Å²) in [5.74, 6) is -0.0589. The first-order valence-electron chi connectivity index (χ1n) is 10.9. The number of sulfonamides is 1. The van der Waals surface area contributed by atoms with Crippen LogP contribution in [0.15, 0.2) is 53.4 Å². The molecule has 1 N–H and O–H groups in total. The van der Waals surface area contributed by atoms with E-state index in [4.69, 9.17) is 4.98 Å². The van der Waals surface area contributed by atoms with Gasteiger partial charge in [-0.25, -0.2) is 18.1 Å². The van der Waals surface area contributed by atoms with Crippen molar-refractivity contribution in [1.29, 1.82) is 0 Å². The third-order valence-corrected chi connectivity index (χ3v) is 8.87. The van der Waals surface area contributed by atoms with Gasteiger partial charge in [-0.2, -0.15) is 0 Å². The fraction of sp³-hybridized carbons (Fsp3) is 0.391. The van der Waals surface area contributed by atoms with Gasteiger partial charge in [0.1, 0.15) is 5.01 Å². The Balaban J connectivity index is 1.20. The van der Waals surface area contributed by atoms with Crippen molar-refractivity contribution in [2.24, 2.45) is 0 Å². The smallest absolute Gasteiger partial charge is 0.253 e. The third kappa shape index (κ3) is 4.43. The highest BCUT2D eigenvalue weighted by Crippen LogP contribution is 2.30. The molecule has 168 valence electrons. The van der Waals surface area contributed by atoms with Gasteiger partial charge in [-0.3, -0.25) is 9.69 Å². The van der Waals surface area contributed by atoms with E-state index in [0.29, 0.717) is 18.7 Å². The Bertz CT molecular complexity index is 1190. The number of aromatic nitrogens is 1. The number of nitrogens with zero attached hydrogens (tertiary/aromatic N) is 3. The van der Waals surface area contributed by atoms with Crippen LogP contribution in [-0.4, -0.2) is 61.3 Å². The summed E-state index contributed by atoms with van der Waals surface area (Å²) in [4.78, 5) is 22.1. The number of hydrogen-bond donors (Lipinski definition) is 1. The molecule has 2 heterocycles. The monoisotopic (exact) mass is 470 g/mol. The average molecular weight is 471 g/mol. The SMILES string of the molecule is C[C@@H](c1nc2ccccc2s1)N1CCN(C(=O)c2ccc(S(=O)(=O)NC3CC3)cc2)CC1. The lowest BCUT2D eigenvalue weighted by molar-refractivity contribution is 0.0582. The summed E-state index contributed by atoms with van der Waals surface area (Å²) in [6.45, 7) is 5.00. The van der Waals surface area contributed by atoms with E-state index in [9.17, 15) is 13.2 Å². The van der Waals surface area contributed by atoms with Crippen molar-refractivity contribution in [2.75, 3.05) is 26.2 Å². The zero-order valence-corrected chi connectivity index (χ0v) is 19.5. The number of carbonyl (C=O) groups is 1. The minimum absolute atomic E-state index is 0.0581. The van der Waals surface area contributed by atoms with E-state index in [-0.39, 0.29) is 22.9 Å². The molecular formula is C23H26N4O3S2. The van der Waals surface area contributed by atoms with Crippen LogP contribution < -0.4 is 4.72 Å². The largest absolute Gasteiger partial charge is 0.336 e. The molecule has 0 unspecified atom stereocenters. The fourth-order valence-corrected chi connectivity index (χ4v) is 6.34. The van der Waals surface area contributed by atoms with Gasteiger partial charge in [0.05, 0.1) is 21.2 Å². The Morgan fingerprint density at radius 3 is 2.41 bits per heavy atom. The zero-order valence-electron chi connectivity index (χ0n) is 17.9. The second-order valence-corrected chi connectivity index (χ2v) is 11.2. The van der Waals surface area contributed by atoms with Crippen molar-refractivity contribution in [3.8, 4) is 0 Å². The predicted octanol–water partition coefficient (Wildman–Crippen LogP) is 3.26. The van der Waals surface area contributed by atoms with Gasteiger partial charge in [0, 0.05) is 37.8 Å². The van der Waals surface area contributed by atoms with Crippen LogP contribution >= 0.6 is 11.3 Å². The number of piperazine rings is 1. The van der Waals surface area contributed by atoms with E-state index < -0.39 is 10.0 Å². The fourth-order valence-electron chi connectivity index (χ4n) is 3.99. The van der Waals surface area contributed by atoms with Crippen LogP contribution in [0.4, 0.5) is 0 Å². The Kier molecular flexibility index (Phi) is 5.75. The Morgan fingerprint density at radius 1 is 1.06 bits per heavy atom. The van der Waals surface area contributed by atoms with Gasteiger partial charge in [0.15, 0.2) is 0 Å². The molecule has 5 rings (SSSR count). The lowest BCUT2D eigenvalue weighted by Gasteiger charge is -2.37. The maximum absolute atomic E-state index is 12.9. The number of fused-ring (bicyclic) bond motifs is 1. The van der Waals surface area contributed by atoms with Crippen LogP contribution in [0.2, 0.25) is 0 Å². The van der Waals surface area contributed by atoms with Gasteiger partial charge in [0.25, 0.3) is 5.91 Å². The number of thiazole rings is 1. The highest BCUT2D eigenvalue weighted by molar-refractivity contribution is 7.89. The second-order valence-electron chi connectivity index (χ2n) is 8.44. The first-order chi connectivity index (χ1) is 15.4. The van der Waals surface area contributed by atoms with Crippen LogP contribution in [0.1, 0.15) is 41.2 Å². The number of hydrogen-bond acceptors (Lipinski definition) is 6. The highest BCUT2D eigenvalue weighted by atomic mass is 32.2. The maximum Gasteiger partial charge on any atom is 0.253 e. The van der Waals surface area contributed by atoms with Crippen molar-refractivity contribution >= 4 is 37.5 Å². The van der Waals surface area contributed by atoms with E-state index in [2.05, 4.69) is 22.6 Å². The van der Waals surface area contributed by atoms with Crippen LogP contribution in [0.5, 0.6) is 0 Å². The molecule has 3 aromatic rings. The summed E-state index contributed by atoms with van der Waals surface area (Å²) in [5, 5.41) is 1.10. The van der Waals surface area contributed by atoms with Gasteiger partial charge in [-0.1, -0.05) is 12.1 Å². The van der Waals surface area contributed by atoms with Crippen LogP contribution in [0.3, 0.4) is 0 Å². The van der Waals surface area contributed by atoms with Gasteiger partial charge < -0.3 is 4.90 Å². The third-order valence-electron chi connectivity index (χ3n) is 6.13. The standard InChI is InChI=1S/C23H26N4O3S2/c1-16(22-24-20-4-2-3-5-21(20)31-22)26-12-14-27(15-13-26)23(28)17-6-10-19(11-7-17)32(29,30)25-18-8-9-18/h2-7,10-11,16,18,25H,8-9,12-15H2,1H3/t16-/m0/s1. The molecule has 2 aliphatic rings. The number of para-hydroxylation sites is 1. The number of rotatable bonds is 6. The van der Waals surface area contributed by atoms with Crippen LogP contribution in [0, 0.1) is 0 Å². The molecule has 0 radical (unpaired) electrons. The van der Waals surface area contributed by atoms with Crippen molar-refractivity contribution in [1.82, 2.24) is 19.5 Å². The molecule has 1 aliphatic carbocycles. The number of amides is 1. The highest BCUT2D eigenvalue weighted by Gasteiger charge is 2.29. The molecule has 7 nitrogen and oxygen atoms in total. The molecule has 0 bridgehead atoms. The lowest BCUT2D eigenvalue weighted by Crippen LogP contribution is -2.49. The first-order valence-corrected chi connectivity index (χ1v) is 13.2. The molecule has 1 aromatic heterocycles. The Labute approximate surface area is 192 Å². The topological polar surface area (TPSA) is 82.6 Å². The summed E-state index contributed by atoms with van der Waals surface area (Å²) >= 11 is 1.73. The quantitative estimate of drug-likeness (QED) is 0.598. The minimum atomic E-state index is -3.50. The minimum Gasteiger partial charge on any atom is -0.336 e. The van der Waals surface area contributed by atoms with Crippen LogP contribution in [-0.2, 0) is 10.0 Å².